The van der Waals surface area contributed by atoms with Crippen molar-refractivity contribution in [3.05, 3.63) is 89.0 Å². The number of hydrogen-bond donors (Lipinski definition) is 1. The van der Waals surface area contributed by atoms with Crippen LogP contribution in [0.3, 0.4) is 0 Å². The minimum atomic E-state index is -0.175. The first-order valence-electron chi connectivity index (χ1n) is 8.23. The summed E-state index contributed by atoms with van der Waals surface area (Å²) in [6.07, 6.45) is 0. The number of benzene rings is 3. The third kappa shape index (κ3) is 3.96. The van der Waals surface area contributed by atoms with E-state index in [-0.39, 0.29) is 5.91 Å². The molecule has 0 aromatic heterocycles. The Morgan fingerprint density at radius 1 is 0.923 bits per heavy atom. The van der Waals surface area contributed by atoms with Crippen LogP contribution in [0.1, 0.15) is 27.0 Å². The van der Waals surface area contributed by atoms with Crippen LogP contribution in [0.4, 0.5) is 5.69 Å². The van der Waals surface area contributed by atoms with Gasteiger partial charge in [-0.1, -0.05) is 48.2 Å². The van der Waals surface area contributed by atoms with Crippen LogP contribution in [0.15, 0.2) is 76.5 Å². The monoisotopic (exact) mass is 358 g/mol. The summed E-state index contributed by atoms with van der Waals surface area (Å²) >= 11 is 1.56. The van der Waals surface area contributed by atoms with Crippen LogP contribution in [-0.2, 0) is 0 Å². The van der Waals surface area contributed by atoms with Crippen LogP contribution in [-0.4, -0.2) is 5.91 Å². The SMILES string of the molecule is Cc1ccccc1Sc1ccc(NC(=O)c2ccccc2C)cc1C#N. The van der Waals surface area contributed by atoms with E-state index in [2.05, 4.69) is 11.4 Å². The van der Waals surface area contributed by atoms with Gasteiger partial charge < -0.3 is 5.32 Å². The average molecular weight is 358 g/mol. The number of nitriles is 1. The van der Waals surface area contributed by atoms with E-state index in [0.29, 0.717) is 16.8 Å². The molecule has 1 N–H and O–H groups in total. The molecule has 0 radical (unpaired) electrons. The van der Waals surface area contributed by atoms with Gasteiger partial charge in [-0.3, -0.25) is 4.79 Å². The van der Waals surface area contributed by atoms with Crippen molar-refractivity contribution in [1.29, 1.82) is 5.26 Å². The fourth-order valence-electron chi connectivity index (χ4n) is 2.60. The van der Waals surface area contributed by atoms with Gasteiger partial charge in [-0.25, -0.2) is 0 Å². The van der Waals surface area contributed by atoms with Gasteiger partial charge in [0.2, 0.25) is 0 Å². The van der Waals surface area contributed by atoms with E-state index in [1.165, 1.54) is 5.56 Å². The van der Waals surface area contributed by atoms with Crippen LogP contribution in [0.2, 0.25) is 0 Å². The molecule has 26 heavy (non-hydrogen) atoms. The lowest BCUT2D eigenvalue weighted by molar-refractivity contribution is 0.102. The van der Waals surface area contributed by atoms with Crippen molar-refractivity contribution in [3.63, 3.8) is 0 Å². The lowest BCUT2D eigenvalue weighted by Gasteiger charge is -2.11. The van der Waals surface area contributed by atoms with Gasteiger partial charge in [-0.2, -0.15) is 5.26 Å². The number of carbonyl (C=O) groups excluding carboxylic acids is 1. The van der Waals surface area contributed by atoms with Crippen LogP contribution in [0.25, 0.3) is 0 Å². The van der Waals surface area contributed by atoms with Crippen LogP contribution < -0.4 is 5.32 Å². The fraction of sp³-hybridized carbons (Fsp3) is 0.0909. The molecule has 3 aromatic carbocycles. The molecule has 128 valence electrons. The normalized spacial score (nSPS) is 10.2. The molecule has 0 bridgehead atoms. The molecule has 4 heteroatoms. The molecule has 0 aliphatic carbocycles. The van der Waals surface area contributed by atoms with E-state index in [1.807, 2.05) is 68.4 Å². The Morgan fingerprint density at radius 2 is 1.62 bits per heavy atom. The smallest absolute Gasteiger partial charge is 0.255 e. The number of aryl methyl sites for hydroxylation is 2. The largest absolute Gasteiger partial charge is 0.322 e. The molecule has 0 fully saturated rings. The van der Waals surface area contributed by atoms with E-state index < -0.39 is 0 Å². The minimum Gasteiger partial charge on any atom is -0.322 e. The Hall–Kier alpha value is -3.03. The van der Waals surface area contributed by atoms with E-state index in [9.17, 15) is 10.1 Å². The molecule has 0 heterocycles. The Kier molecular flexibility index (Phi) is 5.40. The quantitative estimate of drug-likeness (QED) is 0.662. The summed E-state index contributed by atoms with van der Waals surface area (Å²) in [6.45, 7) is 3.95. The third-order valence-electron chi connectivity index (χ3n) is 4.06. The second-order valence-corrected chi connectivity index (χ2v) is 7.04. The number of amides is 1. The van der Waals surface area contributed by atoms with Gasteiger partial charge in [0.25, 0.3) is 5.91 Å². The number of hydrogen-bond acceptors (Lipinski definition) is 3. The first-order valence-corrected chi connectivity index (χ1v) is 9.05. The Morgan fingerprint density at radius 3 is 2.31 bits per heavy atom. The summed E-state index contributed by atoms with van der Waals surface area (Å²) in [5.74, 6) is -0.175. The van der Waals surface area contributed by atoms with Crippen molar-refractivity contribution in [1.82, 2.24) is 0 Å². The molecule has 1 amide bonds. The van der Waals surface area contributed by atoms with Gasteiger partial charge in [0, 0.05) is 21.0 Å². The van der Waals surface area contributed by atoms with E-state index in [0.717, 1.165) is 15.4 Å². The maximum atomic E-state index is 12.5. The highest BCUT2D eigenvalue weighted by Gasteiger charge is 2.11. The molecule has 0 aliphatic rings. The second kappa shape index (κ2) is 7.90. The topological polar surface area (TPSA) is 52.9 Å². The van der Waals surface area contributed by atoms with Crippen molar-refractivity contribution >= 4 is 23.4 Å². The van der Waals surface area contributed by atoms with Gasteiger partial charge in [0.1, 0.15) is 6.07 Å². The summed E-state index contributed by atoms with van der Waals surface area (Å²) in [4.78, 5) is 14.4. The summed E-state index contributed by atoms with van der Waals surface area (Å²) in [5, 5.41) is 12.4. The molecule has 3 rings (SSSR count). The predicted molar refractivity (Wildman–Crippen MR) is 106 cm³/mol. The predicted octanol–water partition coefficient (Wildman–Crippen LogP) is 5.58. The van der Waals surface area contributed by atoms with E-state index >= 15 is 0 Å². The first-order chi connectivity index (χ1) is 12.6. The number of nitrogens with zero attached hydrogens (tertiary/aromatic N) is 1. The summed E-state index contributed by atoms with van der Waals surface area (Å²) in [6, 6.07) is 23.1. The van der Waals surface area contributed by atoms with Crippen LogP contribution >= 0.6 is 11.8 Å². The molecule has 0 spiro atoms. The molecule has 0 unspecified atom stereocenters. The van der Waals surface area contributed by atoms with Gasteiger partial charge in [-0.15, -0.1) is 0 Å². The zero-order valence-electron chi connectivity index (χ0n) is 14.6. The highest BCUT2D eigenvalue weighted by Crippen LogP contribution is 2.33. The molecule has 3 nitrogen and oxygen atoms in total. The molecule has 0 saturated carbocycles. The summed E-state index contributed by atoms with van der Waals surface area (Å²) in [5.41, 5.74) is 3.87. The van der Waals surface area contributed by atoms with Gasteiger partial charge in [0.05, 0.1) is 5.56 Å². The summed E-state index contributed by atoms with van der Waals surface area (Å²) < 4.78 is 0. The van der Waals surface area contributed by atoms with Crippen molar-refractivity contribution in [2.45, 2.75) is 23.6 Å². The minimum absolute atomic E-state index is 0.175. The lowest BCUT2D eigenvalue weighted by Crippen LogP contribution is -2.13. The second-order valence-electron chi connectivity index (χ2n) is 5.96. The zero-order valence-corrected chi connectivity index (χ0v) is 15.4. The molecule has 0 atom stereocenters. The standard InChI is InChI=1S/C22H18N2OS/c1-15-7-3-5-9-19(15)22(25)24-18-11-12-21(17(13-18)14-23)26-20-10-6-4-8-16(20)2/h3-13H,1-2H3,(H,24,25). The lowest BCUT2D eigenvalue weighted by atomic mass is 10.1. The molecule has 0 saturated heterocycles. The zero-order chi connectivity index (χ0) is 18.5. The average Bonchev–Trinajstić information content (AvgIpc) is 2.65. The number of nitrogens with one attached hydrogen (secondary N) is 1. The van der Waals surface area contributed by atoms with Gasteiger partial charge in [-0.05, 0) is 55.3 Å². The summed E-state index contributed by atoms with van der Waals surface area (Å²) in [7, 11) is 0. The fourth-order valence-corrected chi connectivity index (χ4v) is 3.56. The number of anilines is 1. The Labute approximate surface area is 157 Å². The molecular weight excluding hydrogens is 340 g/mol. The van der Waals surface area contributed by atoms with E-state index in [4.69, 9.17) is 0 Å². The van der Waals surface area contributed by atoms with Crippen molar-refractivity contribution in [2.75, 3.05) is 5.32 Å². The van der Waals surface area contributed by atoms with E-state index in [1.54, 1.807) is 23.9 Å². The Balaban J connectivity index is 1.83. The highest BCUT2D eigenvalue weighted by atomic mass is 32.2. The van der Waals surface area contributed by atoms with Crippen LogP contribution in [0.5, 0.6) is 0 Å². The van der Waals surface area contributed by atoms with Crippen molar-refractivity contribution in [3.8, 4) is 6.07 Å². The maximum absolute atomic E-state index is 12.5. The molecule has 3 aromatic rings. The van der Waals surface area contributed by atoms with Crippen LogP contribution in [0, 0.1) is 25.2 Å². The number of carbonyl (C=O) groups is 1. The first kappa shape index (κ1) is 17.8. The van der Waals surface area contributed by atoms with Gasteiger partial charge >= 0.3 is 0 Å². The third-order valence-corrected chi connectivity index (χ3v) is 5.31. The maximum Gasteiger partial charge on any atom is 0.255 e. The van der Waals surface area contributed by atoms with Crippen molar-refractivity contribution in [2.24, 2.45) is 0 Å². The van der Waals surface area contributed by atoms with Gasteiger partial charge in [0.15, 0.2) is 0 Å². The molecule has 0 aliphatic heterocycles. The number of rotatable bonds is 4. The Bertz CT molecular complexity index is 1010. The highest BCUT2D eigenvalue weighted by molar-refractivity contribution is 7.99. The molecular formula is C22H18N2OS. The van der Waals surface area contributed by atoms with Crippen molar-refractivity contribution < 1.29 is 4.79 Å².